The summed E-state index contributed by atoms with van der Waals surface area (Å²) in [4.78, 5) is 30.0. The summed E-state index contributed by atoms with van der Waals surface area (Å²) in [6.45, 7) is 9.18. The number of carbonyl (C=O) groups excluding carboxylic acids is 1. The Morgan fingerprint density at radius 2 is 1.97 bits per heavy atom. The zero-order valence-corrected chi connectivity index (χ0v) is 21.2. The highest BCUT2D eigenvalue weighted by molar-refractivity contribution is 6.29. The molecule has 0 saturated heterocycles. The van der Waals surface area contributed by atoms with Gasteiger partial charge in [-0.3, -0.25) is 9.48 Å². The second-order valence-corrected chi connectivity index (χ2v) is 9.89. The predicted molar refractivity (Wildman–Crippen MR) is 136 cm³/mol. The van der Waals surface area contributed by atoms with E-state index in [9.17, 15) is 9.59 Å². The third-order valence-electron chi connectivity index (χ3n) is 5.28. The number of rotatable bonds is 5. The Labute approximate surface area is 207 Å². The topological polar surface area (TPSA) is 99.2 Å². The molecule has 3 heterocycles. The third-order valence-corrected chi connectivity index (χ3v) is 5.49. The Bertz CT molecular complexity index is 1480. The van der Waals surface area contributed by atoms with Gasteiger partial charge in [-0.25, -0.2) is 9.78 Å². The van der Waals surface area contributed by atoms with Crippen LogP contribution in [0.2, 0.25) is 5.15 Å². The number of aryl methyl sites for hydroxylation is 2. The smallest absolute Gasteiger partial charge is 0.359 e. The molecule has 0 amide bonds. The summed E-state index contributed by atoms with van der Waals surface area (Å²) in [5.41, 5.74) is 2.52. The number of hydrogen-bond donors (Lipinski definition) is 1. The van der Waals surface area contributed by atoms with Crippen LogP contribution in [0.25, 0.3) is 22.3 Å². The normalized spacial score (nSPS) is 12.5. The van der Waals surface area contributed by atoms with Crippen molar-refractivity contribution >= 4 is 34.2 Å². The van der Waals surface area contributed by atoms with Crippen LogP contribution in [0, 0.1) is 6.92 Å². The summed E-state index contributed by atoms with van der Waals surface area (Å²) in [6, 6.07) is 8.16. The molecule has 0 spiro atoms. The number of ether oxygens (including phenoxy) is 1. The Balaban J connectivity index is 1.78. The minimum Gasteiger partial charge on any atom is -0.455 e. The van der Waals surface area contributed by atoms with Gasteiger partial charge in [0.1, 0.15) is 22.1 Å². The van der Waals surface area contributed by atoms with Gasteiger partial charge in [-0.15, -0.1) is 0 Å². The number of pyridine rings is 1. The molecule has 0 bridgehead atoms. The average molecular weight is 495 g/mol. The van der Waals surface area contributed by atoms with Gasteiger partial charge in [-0.2, -0.15) is 5.10 Å². The molecule has 0 unspecified atom stereocenters. The van der Waals surface area contributed by atoms with E-state index in [1.807, 2.05) is 19.9 Å². The highest BCUT2D eigenvalue weighted by Gasteiger charge is 2.24. The Morgan fingerprint density at radius 3 is 2.63 bits per heavy atom. The molecule has 0 saturated carbocycles. The van der Waals surface area contributed by atoms with E-state index in [0.717, 1.165) is 11.1 Å². The van der Waals surface area contributed by atoms with Crippen LogP contribution < -0.4 is 10.7 Å². The van der Waals surface area contributed by atoms with Crippen molar-refractivity contribution in [2.45, 2.75) is 46.3 Å². The molecule has 0 radical (unpaired) electrons. The van der Waals surface area contributed by atoms with Crippen LogP contribution in [0.4, 0.5) is 5.69 Å². The van der Waals surface area contributed by atoms with E-state index in [4.69, 9.17) is 20.8 Å². The quantitative estimate of drug-likeness (QED) is 0.281. The van der Waals surface area contributed by atoms with Gasteiger partial charge in [0.2, 0.25) is 0 Å². The molecular formula is C26H27ClN4O4. The van der Waals surface area contributed by atoms with Crippen molar-refractivity contribution in [2.24, 2.45) is 7.05 Å². The number of anilines is 1. The molecule has 3 aromatic heterocycles. The molecule has 1 N–H and O–H groups in total. The zero-order chi connectivity index (χ0) is 25.5. The molecule has 4 rings (SSSR count). The van der Waals surface area contributed by atoms with E-state index in [1.165, 1.54) is 6.07 Å². The number of nitrogens with zero attached hydrogens (tertiary/aromatic N) is 3. The van der Waals surface area contributed by atoms with Gasteiger partial charge < -0.3 is 14.5 Å². The third kappa shape index (κ3) is 5.38. The van der Waals surface area contributed by atoms with Crippen molar-refractivity contribution in [1.82, 2.24) is 14.8 Å². The van der Waals surface area contributed by atoms with Crippen LogP contribution in [0.15, 0.2) is 51.9 Å². The van der Waals surface area contributed by atoms with Crippen LogP contribution in [0.1, 0.15) is 55.4 Å². The van der Waals surface area contributed by atoms with E-state index in [-0.39, 0.29) is 22.3 Å². The molecule has 0 aliphatic carbocycles. The van der Waals surface area contributed by atoms with E-state index in [2.05, 4.69) is 15.4 Å². The van der Waals surface area contributed by atoms with Gasteiger partial charge in [0.15, 0.2) is 11.1 Å². The van der Waals surface area contributed by atoms with E-state index in [0.29, 0.717) is 28.0 Å². The number of hydrogen-bond acceptors (Lipinski definition) is 7. The highest BCUT2D eigenvalue weighted by Crippen LogP contribution is 2.31. The van der Waals surface area contributed by atoms with Crippen LogP contribution >= 0.6 is 11.6 Å². The molecule has 8 nitrogen and oxygen atoms in total. The molecule has 1 aromatic carbocycles. The highest BCUT2D eigenvalue weighted by atomic mass is 35.5. The molecular weight excluding hydrogens is 468 g/mol. The number of halogens is 1. The Kier molecular flexibility index (Phi) is 6.42. The fourth-order valence-electron chi connectivity index (χ4n) is 3.79. The van der Waals surface area contributed by atoms with Crippen LogP contribution in [-0.4, -0.2) is 26.3 Å². The Morgan fingerprint density at radius 1 is 1.23 bits per heavy atom. The summed E-state index contributed by atoms with van der Waals surface area (Å²) in [7, 11) is 1.80. The van der Waals surface area contributed by atoms with Crippen molar-refractivity contribution < 1.29 is 13.9 Å². The minimum atomic E-state index is -0.692. The molecule has 0 aliphatic heterocycles. The molecule has 182 valence electrons. The number of esters is 1. The maximum Gasteiger partial charge on any atom is 0.359 e. The van der Waals surface area contributed by atoms with Gasteiger partial charge in [0, 0.05) is 24.9 Å². The number of benzene rings is 1. The first-order chi connectivity index (χ1) is 16.4. The van der Waals surface area contributed by atoms with Crippen molar-refractivity contribution in [3.8, 4) is 11.3 Å². The standard InChI is InChI=1S/C26H27ClN4O4/c1-14-9-17(24-18(10-14)20(32)11-21(34-24)16-12-28-31(6)13-16)15(2)29-19-7-8-22(27)30-23(19)25(33)35-26(3,4)5/h7-13,15,29H,1-6H3/t15-/m1/s1. The summed E-state index contributed by atoms with van der Waals surface area (Å²) in [5.74, 6) is -0.162. The first-order valence-electron chi connectivity index (χ1n) is 11.1. The van der Waals surface area contributed by atoms with Crippen molar-refractivity contribution in [3.05, 3.63) is 74.9 Å². The van der Waals surface area contributed by atoms with Gasteiger partial charge in [-0.05, 0) is 58.4 Å². The van der Waals surface area contributed by atoms with E-state index < -0.39 is 11.6 Å². The second-order valence-electron chi connectivity index (χ2n) is 9.51. The maximum atomic E-state index is 13.0. The fourth-order valence-corrected chi connectivity index (χ4v) is 3.94. The molecule has 4 aromatic rings. The SMILES string of the molecule is Cc1cc([C@@H](C)Nc2ccc(Cl)nc2C(=O)OC(C)(C)C)c2oc(-c3cnn(C)c3)cc(=O)c2c1. The van der Waals surface area contributed by atoms with Crippen LogP contribution in [0.5, 0.6) is 0 Å². The number of aromatic nitrogens is 3. The predicted octanol–water partition coefficient (Wildman–Crippen LogP) is 5.68. The molecule has 35 heavy (non-hydrogen) atoms. The molecule has 0 aliphatic rings. The minimum absolute atomic E-state index is 0.0775. The average Bonchev–Trinajstić information content (AvgIpc) is 3.20. The summed E-state index contributed by atoms with van der Waals surface area (Å²) < 4.78 is 13.4. The lowest BCUT2D eigenvalue weighted by atomic mass is 10.0. The summed E-state index contributed by atoms with van der Waals surface area (Å²) in [6.07, 6.45) is 3.43. The number of nitrogens with one attached hydrogen (secondary N) is 1. The molecule has 9 heteroatoms. The zero-order valence-electron chi connectivity index (χ0n) is 20.5. The first kappa shape index (κ1) is 24.5. The van der Waals surface area contributed by atoms with Crippen LogP contribution in [0.3, 0.4) is 0 Å². The van der Waals surface area contributed by atoms with Gasteiger partial charge in [-0.1, -0.05) is 17.7 Å². The molecule has 1 atom stereocenters. The fraction of sp³-hybridized carbons (Fsp3) is 0.308. The van der Waals surface area contributed by atoms with Crippen molar-refractivity contribution in [3.63, 3.8) is 0 Å². The van der Waals surface area contributed by atoms with E-state index >= 15 is 0 Å². The first-order valence-corrected chi connectivity index (χ1v) is 11.5. The van der Waals surface area contributed by atoms with Crippen molar-refractivity contribution in [1.29, 1.82) is 0 Å². The van der Waals surface area contributed by atoms with Gasteiger partial charge >= 0.3 is 5.97 Å². The lowest BCUT2D eigenvalue weighted by Gasteiger charge is -2.22. The summed E-state index contributed by atoms with van der Waals surface area (Å²) >= 11 is 6.08. The Hall–Kier alpha value is -3.65. The van der Waals surface area contributed by atoms with Crippen molar-refractivity contribution in [2.75, 3.05) is 5.32 Å². The van der Waals surface area contributed by atoms with E-state index in [1.54, 1.807) is 63.1 Å². The lowest BCUT2D eigenvalue weighted by molar-refractivity contribution is 0.00640. The number of carbonyl (C=O) groups is 1. The van der Waals surface area contributed by atoms with Crippen LogP contribution in [-0.2, 0) is 11.8 Å². The van der Waals surface area contributed by atoms with Gasteiger partial charge in [0.25, 0.3) is 0 Å². The second kappa shape index (κ2) is 9.19. The lowest BCUT2D eigenvalue weighted by Crippen LogP contribution is -2.25. The maximum absolute atomic E-state index is 13.0. The largest absolute Gasteiger partial charge is 0.455 e. The monoisotopic (exact) mass is 494 g/mol. The summed E-state index contributed by atoms with van der Waals surface area (Å²) in [5, 5.41) is 8.14. The molecule has 0 fully saturated rings. The van der Waals surface area contributed by atoms with Gasteiger partial charge in [0.05, 0.1) is 28.9 Å². The number of fused-ring (bicyclic) bond motifs is 1.